The lowest BCUT2D eigenvalue weighted by Gasteiger charge is -2.38. The van der Waals surface area contributed by atoms with Crippen molar-refractivity contribution in [3.05, 3.63) is 98.5 Å². The zero-order valence-corrected chi connectivity index (χ0v) is 25.8. The topological polar surface area (TPSA) is 90.6 Å². The fourth-order valence-corrected chi connectivity index (χ4v) is 6.52. The number of methoxy groups -OCH3 is 1. The average molecular weight is 630 g/mol. The molecule has 1 aliphatic heterocycles. The van der Waals surface area contributed by atoms with E-state index in [-0.39, 0.29) is 63.2 Å². The van der Waals surface area contributed by atoms with Gasteiger partial charge in [-0.2, -0.15) is 5.26 Å². The number of amides is 1. The summed E-state index contributed by atoms with van der Waals surface area (Å²) >= 11 is 12.3. The van der Waals surface area contributed by atoms with Crippen molar-refractivity contribution < 1.29 is 28.2 Å². The number of aryl methyl sites for hydroxylation is 1. The van der Waals surface area contributed by atoms with Crippen LogP contribution in [-0.2, 0) is 16.6 Å². The van der Waals surface area contributed by atoms with Crippen molar-refractivity contribution in [2.75, 3.05) is 13.7 Å². The highest BCUT2D eigenvalue weighted by atomic mass is 35.5. The normalized spacial score (nSPS) is 20.1. The minimum absolute atomic E-state index is 0.0116. The molecule has 4 rings (SSSR count). The Morgan fingerprint density at radius 2 is 1.86 bits per heavy atom. The van der Waals surface area contributed by atoms with E-state index in [0.717, 1.165) is 6.07 Å². The smallest absolute Gasteiger partial charge is 0.339 e. The number of carboxylic acids is 1. The number of ether oxygens (including phenoxy) is 1. The van der Waals surface area contributed by atoms with E-state index < -0.39 is 35.0 Å². The molecule has 226 valence electrons. The van der Waals surface area contributed by atoms with Gasteiger partial charge in [-0.25, -0.2) is 13.6 Å². The first-order chi connectivity index (χ1) is 20.2. The van der Waals surface area contributed by atoms with Crippen LogP contribution in [0, 0.1) is 34.3 Å². The van der Waals surface area contributed by atoms with Gasteiger partial charge in [0.15, 0.2) is 0 Å². The first-order valence-electron chi connectivity index (χ1n) is 13.7. The molecule has 0 radical (unpaired) electrons. The third-order valence-electron chi connectivity index (χ3n) is 7.94. The minimum atomic E-state index is -1.67. The lowest BCUT2D eigenvalue weighted by molar-refractivity contribution is -0.132. The number of carbonyl (C=O) groups excluding carboxylic acids is 1. The molecule has 0 unspecified atom stereocenters. The van der Waals surface area contributed by atoms with Crippen molar-refractivity contribution in [3.63, 3.8) is 0 Å². The van der Waals surface area contributed by atoms with E-state index in [1.165, 1.54) is 48.4 Å². The quantitative estimate of drug-likeness (QED) is 0.273. The molecule has 0 aromatic heterocycles. The van der Waals surface area contributed by atoms with Crippen LogP contribution in [0.15, 0.2) is 54.6 Å². The molecule has 6 nitrogen and oxygen atoms in total. The summed E-state index contributed by atoms with van der Waals surface area (Å²) in [7, 11) is 1.36. The summed E-state index contributed by atoms with van der Waals surface area (Å²) in [5, 5.41) is 20.3. The average Bonchev–Trinajstić information content (AvgIpc) is 3.25. The summed E-state index contributed by atoms with van der Waals surface area (Å²) in [5.41, 5.74) is -1.31. The second kappa shape index (κ2) is 12.5. The Hall–Kier alpha value is -3.67. The number of likely N-dealkylation sites (tertiary alicyclic amines) is 1. The van der Waals surface area contributed by atoms with Gasteiger partial charge in [0.25, 0.3) is 0 Å². The molecule has 1 amide bonds. The molecule has 10 heteroatoms. The molecular formula is C33H32Cl2F2N2O4. The molecule has 0 bridgehead atoms. The van der Waals surface area contributed by atoms with Gasteiger partial charge in [-0.1, -0.05) is 68.2 Å². The van der Waals surface area contributed by atoms with Crippen molar-refractivity contribution in [1.29, 1.82) is 5.26 Å². The number of nitrogens with zero attached hydrogens (tertiary/aromatic N) is 2. The molecule has 1 aliphatic rings. The number of carboxylic acid groups (broad SMARTS) is 1. The summed E-state index contributed by atoms with van der Waals surface area (Å²) in [6, 6.07) is 14.1. The van der Waals surface area contributed by atoms with E-state index in [0.29, 0.717) is 12.0 Å². The summed E-state index contributed by atoms with van der Waals surface area (Å²) in [5.74, 6) is -3.45. The van der Waals surface area contributed by atoms with E-state index in [4.69, 9.17) is 27.9 Å². The number of aromatic carboxylic acids is 1. The molecule has 3 aromatic carbocycles. The lowest BCUT2D eigenvalue weighted by atomic mass is 9.63. The van der Waals surface area contributed by atoms with Gasteiger partial charge in [0.05, 0.1) is 24.2 Å². The number of carbonyl (C=O) groups is 2. The maximum absolute atomic E-state index is 15.8. The van der Waals surface area contributed by atoms with Gasteiger partial charge in [-0.05, 0) is 54.2 Å². The lowest BCUT2D eigenvalue weighted by Crippen LogP contribution is -2.41. The molecule has 1 N–H and O–H groups in total. The number of rotatable bonds is 8. The van der Waals surface area contributed by atoms with Crippen LogP contribution >= 0.6 is 23.2 Å². The van der Waals surface area contributed by atoms with E-state index in [2.05, 4.69) is 6.07 Å². The molecule has 0 spiro atoms. The van der Waals surface area contributed by atoms with E-state index in [1.807, 2.05) is 20.8 Å². The van der Waals surface area contributed by atoms with Crippen molar-refractivity contribution in [2.24, 2.45) is 11.3 Å². The fourth-order valence-electron chi connectivity index (χ4n) is 6.18. The highest BCUT2D eigenvalue weighted by Gasteiger charge is 2.59. The fraction of sp³-hybridized carbons (Fsp3) is 0.364. The van der Waals surface area contributed by atoms with Gasteiger partial charge in [0.1, 0.15) is 28.4 Å². The zero-order chi connectivity index (χ0) is 31.7. The Balaban J connectivity index is 1.85. The van der Waals surface area contributed by atoms with Crippen molar-refractivity contribution >= 4 is 35.1 Å². The number of nitriles is 1. The SMILES string of the molecule is COc1cc(CCC(=O)N2C[C@H](CC(C)(C)C)[C@@](C#N)(c3ccc(Cl)cc3F)[C@@H]2c2cccc(Cl)c2F)ccc1C(=O)O. The molecule has 0 aliphatic carbocycles. The van der Waals surface area contributed by atoms with Crippen LogP contribution in [0.25, 0.3) is 0 Å². The van der Waals surface area contributed by atoms with Gasteiger partial charge in [0, 0.05) is 35.0 Å². The number of benzene rings is 3. The summed E-state index contributed by atoms with van der Waals surface area (Å²) < 4.78 is 36.8. The molecule has 3 atom stereocenters. The van der Waals surface area contributed by atoms with Crippen molar-refractivity contribution in [3.8, 4) is 11.8 Å². The monoisotopic (exact) mass is 628 g/mol. The molecule has 43 heavy (non-hydrogen) atoms. The number of halogens is 4. The molecule has 0 saturated carbocycles. The molecule has 1 fully saturated rings. The maximum Gasteiger partial charge on any atom is 0.339 e. The van der Waals surface area contributed by atoms with Gasteiger partial charge in [-0.15, -0.1) is 0 Å². The van der Waals surface area contributed by atoms with Gasteiger partial charge in [-0.3, -0.25) is 4.79 Å². The second-order valence-electron chi connectivity index (χ2n) is 12.0. The molecule has 3 aromatic rings. The van der Waals surface area contributed by atoms with Crippen LogP contribution in [0.3, 0.4) is 0 Å². The van der Waals surface area contributed by atoms with E-state index in [1.54, 1.807) is 12.1 Å². The van der Waals surface area contributed by atoms with Gasteiger partial charge in [0.2, 0.25) is 5.91 Å². The predicted molar refractivity (Wildman–Crippen MR) is 160 cm³/mol. The highest BCUT2D eigenvalue weighted by molar-refractivity contribution is 6.31. The van der Waals surface area contributed by atoms with Gasteiger partial charge >= 0.3 is 5.97 Å². The summed E-state index contributed by atoms with van der Waals surface area (Å²) in [6.45, 7) is 6.03. The molecule has 1 saturated heterocycles. The third-order valence-corrected chi connectivity index (χ3v) is 8.47. The molecule has 1 heterocycles. The Morgan fingerprint density at radius 3 is 2.47 bits per heavy atom. The van der Waals surface area contributed by atoms with Crippen LogP contribution in [-0.4, -0.2) is 35.5 Å². The van der Waals surface area contributed by atoms with Crippen LogP contribution in [0.2, 0.25) is 10.0 Å². The Bertz CT molecular complexity index is 1600. The Labute approximate surface area is 259 Å². The maximum atomic E-state index is 15.8. The van der Waals surface area contributed by atoms with Crippen LogP contribution in [0.5, 0.6) is 5.75 Å². The van der Waals surface area contributed by atoms with Crippen molar-refractivity contribution in [2.45, 2.75) is 51.5 Å². The minimum Gasteiger partial charge on any atom is -0.496 e. The standard InChI is InChI=1S/C33H32Cl2F2N2O4/c1-32(2,3)16-20-17-39(28(40)13-9-19-8-11-22(31(41)42)27(14-19)43-4)30(23-6-5-7-25(35)29(23)37)33(20,18-38)24-12-10-21(34)15-26(24)36/h5-8,10-12,14-15,20,30H,9,13,16-17H2,1-4H3,(H,41,42)/t20-,30-,33-/m0/s1. The number of hydrogen-bond acceptors (Lipinski definition) is 4. The number of hydrogen-bond donors (Lipinski definition) is 1. The predicted octanol–water partition coefficient (Wildman–Crippen LogP) is 8.01. The zero-order valence-electron chi connectivity index (χ0n) is 24.3. The van der Waals surface area contributed by atoms with E-state index >= 15 is 8.78 Å². The highest BCUT2D eigenvalue weighted by Crippen LogP contribution is 2.56. The third kappa shape index (κ3) is 6.34. The Kier molecular flexibility index (Phi) is 9.39. The van der Waals surface area contributed by atoms with Crippen LogP contribution in [0.1, 0.15) is 66.7 Å². The Morgan fingerprint density at radius 1 is 1.14 bits per heavy atom. The molecular weight excluding hydrogens is 597 g/mol. The van der Waals surface area contributed by atoms with Crippen LogP contribution in [0.4, 0.5) is 8.78 Å². The summed E-state index contributed by atoms with van der Waals surface area (Å²) in [6.07, 6.45) is 0.606. The first-order valence-corrected chi connectivity index (χ1v) is 14.5. The van der Waals surface area contributed by atoms with Crippen LogP contribution < -0.4 is 4.74 Å². The van der Waals surface area contributed by atoms with E-state index in [9.17, 15) is 20.0 Å². The first kappa shape index (κ1) is 32.2. The van der Waals surface area contributed by atoms with Gasteiger partial charge < -0.3 is 14.7 Å². The second-order valence-corrected chi connectivity index (χ2v) is 12.8. The summed E-state index contributed by atoms with van der Waals surface area (Å²) in [4.78, 5) is 27.0. The van der Waals surface area contributed by atoms with Crippen molar-refractivity contribution in [1.82, 2.24) is 4.90 Å². The largest absolute Gasteiger partial charge is 0.496 e.